The minimum absolute atomic E-state index is 0.0862. The van der Waals surface area contributed by atoms with Crippen LogP contribution in [0.4, 0.5) is 4.79 Å². The Morgan fingerprint density at radius 1 is 0.924 bits per heavy atom. The lowest BCUT2D eigenvalue weighted by atomic mass is 9.82. The Morgan fingerprint density at radius 3 is 2.17 bits per heavy atom. The highest BCUT2D eigenvalue weighted by Crippen LogP contribution is 2.45. The summed E-state index contributed by atoms with van der Waals surface area (Å²) < 4.78 is 17.7. The standard InChI is InChI=1S/C48H67ClN6O11/c1-25(2)38(55-46(62)63)43(59)51-27(4)41(57)50-24-29-15-18-31(19-16-29)40-39(66-40)26(3)35-13-12-14-37(56)53-33(22-30-17-20-36(64-11)32(49)21-30)42(58)52-28(5)48(9,10)45(61)54-34(44(60)65-35)23-47(6,7)8/h12,14-21,25-28,33-35,38-40,55H,13,22-24H2,1-11H3,(H,50,57)(H,51,59)(H,52,58)(H,53,56)(H,54,61)(H,62,63)/b14-12+/t26-,27-,28?,33+,34-,35-,38-,39+,40+/m0/s1. The Balaban J connectivity index is 1.52. The third kappa shape index (κ3) is 14.9. The highest BCUT2D eigenvalue weighted by molar-refractivity contribution is 6.32. The van der Waals surface area contributed by atoms with Gasteiger partial charge in [-0.1, -0.05) is 89.6 Å². The number of cyclic esters (lactones) is 1. The first-order valence-electron chi connectivity index (χ1n) is 22.2. The average Bonchev–Trinajstić information content (AvgIpc) is 4.04. The van der Waals surface area contributed by atoms with Crippen LogP contribution in [0.3, 0.4) is 0 Å². The van der Waals surface area contributed by atoms with E-state index in [0.717, 1.165) is 11.1 Å². The summed E-state index contributed by atoms with van der Waals surface area (Å²) in [5.74, 6) is -3.51. The van der Waals surface area contributed by atoms with Gasteiger partial charge in [0.15, 0.2) is 0 Å². The van der Waals surface area contributed by atoms with Crippen LogP contribution in [0.1, 0.15) is 105 Å². The van der Waals surface area contributed by atoms with Gasteiger partial charge < -0.3 is 51.2 Å². The van der Waals surface area contributed by atoms with E-state index in [1.54, 1.807) is 58.9 Å². The Kier molecular flexibility index (Phi) is 18.2. The summed E-state index contributed by atoms with van der Waals surface area (Å²) in [7, 11) is 1.49. The molecule has 362 valence electrons. The van der Waals surface area contributed by atoms with Crippen molar-refractivity contribution in [2.75, 3.05) is 7.11 Å². The number of rotatable bonds is 14. The van der Waals surface area contributed by atoms with Crippen LogP contribution in [0, 0.1) is 22.7 Å². The molecule has 4 rings (SSSR count). The quantitative estimate of drug-likeness (QED) is 0.0994. The number of methoxy groups -OCH3 is 1. The maximum absolute atomic E-state index is 14.1. The number of nitrogens with one attached hydrogen (secondary N) is 6. The lowest BCUT2D eigenvalue weighted by molar-refractivity contribution is -0.157. The molecule has 6 amide bonds. The Labute approximate surface area is 392 Å². The van der Waals surface area contributed by atoms with Gasteiger partial charge in [-0.05, 0) is 80.3 Å². The van der Waals surface area contributed by atoms with Gasteiger partial charge in [-0.3, -0.25) is 24.0 Å². The van der Waals surface area contributed by atoms with Gasteiger partial charge in [0.2, 0.25) is 29.5 Å². The fourth-order valence-electron chi connectivity index (χ4n) is 7.46. The molecule has 9 atom stereocenters. The van der Waals surface area contributed by atoms with Crippen LogP contribution in [0.25, 0.3) is 0 Å². The molecule has 17 nitrogen and oxygen atoms in total. The van der Waals surface area contributed by atoms with E-state index in [0.29, 0.717) is 16.3 Å². The summed E-state index contributed by atoms with van der Waals surface area (Å²) in [6.45, 7) is 17.8. The van der Waals surface area contributed by atoms with Crippen molar-refractivity contribution >= 4 is 53.2 Å². The summed E-state index contributed by atoms with van der Waals surface area (Å²) in [6, 6.07) is 7.73. The Bertz CT molecular complexity index is 2120. The highest BCUT2D eigenvalue weighted by atomic mass is 35.5. The minimum atomic E-state index is -1.34. The van der Waals surface area contributed by atoms with Crippen molar-refractivity contribution in [3.05, 3.63) is 76.3 Å². The molecule has 0 aliphatic carbocycles. The summed E-state index contributed by atoms with van der Waals surface area (Å²) in [6.07, 6.45) is 0.486. The van der Waals surface area contributed by atoms with Crippen molar-refractivity contribution in [1.29, 1.82) is 0 Å². The number of amides is 6. The van der Waals surface area contributed by atoms with Gasteiger partial charge in [0, 0.05) is 31.3 Å². The molecular formula is C48H67ClN6O11. The molecule has 0 radical (unpaired) electrons. The zero-order valence-corrected chi connectivity index (χ0v) is 40.5. The first kappa shape index (κ1) is 52.9. The third-order valence-electron chi connectivity index (χ3n) is 12.0. The van der Waals surface area contributed by atoms with Gasteiger partial charge in [-0.25, -0.2) is 9.59 Å². The van der Waals surface area contributed by atoms with E-state index in [-0.39, 0.29) is 49.9 Å². The van der Waals surface area contributed by atoms with Gasteiger partial charge in [-0.15, -0.1) is 0 Å². The van der Waals surface area contributed by atoms with Crippen LogP contribution >= 0.6 is 11.6 Å². The number of epoxide rings is 1. The van der Waals surface area contributed by atoms with Crippen molar-refractivity contribution < 1.29 is 52.9 Å². The second-order valence-electron chi connectivity index (χ2n) is 19.3. The van der Waals surface area contributed by atoms with Gasteiger partial charge in [0.1, 0.15) is 42.1 Å². The van der Waals surface area contributed by atoms with Crippen LogP contribution < -0.4 is 36.6 Å². The fourth-order valence-corrected chi connectivity index (χ4v) is 7.74. The van der Waals surface area contributed by atoms with Gasteiger partial charge in [0.25, 0.3) is 0 Å². The number of hydrogen-bond acceptors (Lipinski definition) is 10. The minimum Gasteiger partial charge on any atom is -0.495 e. The van der Waals surface area contributed by atoms with Crippen molar-refractivity contribution in [2.24, 2.45) is 22.7 Å². The lowest BCUT2D eigenvalue weighted by Crippen LogP contribution is -2.58. The third-order valence-corrected chi connectivity index (χ3v) is 12.3. The molecule has 2 aromatic carbocycles. The van der Waals surface area contributed by atoms with Gasteiger partial charge in [-0.2, -0.15) is 0 Å². The van der Waals surface area contributed by atoms with Gasteiger partial charge >= 0.3 is 12.1 Å². The largest absolute Gasteiger partial charge is 0.495 e. The number of halogens is 1. The predicted octanol–water partition coefficient (Wildman–Crippen LogP) is 4.89. The van der Waals surface area contributed by atoms with E-state index in [1.807, 2.05) is 52.0 Å². The van der Waals surface area contributed by atoms with Crippen LogP contribution in [0.5, 0.6) is 5.75 Å². The molecule has 66 heavy (non-hydrogen) atoms. The number of hydrogen-bond donors (Lipinski definition) is 7. The predicted molar refractivity (Wildman–Crippen MR) is 247 cm³/mol. The lowest BCUT2D eigenvalue weighted by Gasteiger charge is -2.35. The van der Waals surface area contributed by atoms with Crippen LogP contribution in [-0.4, -0.2) is 96.2 Å². The maximum Gasteiger partial charge on any atom is 0.405 e. The molecule has 0 saturated carbocycles. The SMILES string of the molecule is COc1ccc(C[C@H]2NC(=O)/C=C/C[C@@H]([C@H](C)[C@H]3O[C@@H]3c3ccc(CNC(=O)[C@H](C)NC(=O)[C@@H](NC(=O)O)C(C)C)cc3)OC(=O)[C@H](CC(C)(C)C)NC(=O)C(C)(C)C(C)NC2=O)cc1Cl. The van der Waals surface area contributed by atoms with Crippen LogP contribution in [-0.2, 0) is 51.2 Å². The highest BCUT2D eigenvalue weighted by Gasteiger charge is 2.48. The summed E-state index contributed by atoms with van der Waals surface area (Å²) in [5, 5.41) is 25.6. The molecule has 1 unspecified atom stereocenters. The zero-order chi connectivity index (χ0) is 49.3. The molecular weight excluding hydrogens is 872 g/mol. The number of ether oxygens (including phenoxy) is 3. The van der Waals surface area contributed by atoms with Crippen molar-refractivity contribution in [2.45, 2.75) is 144 Å². The second-order valence-corrected chi connectivity index (χ2v) is 19.7. The smallest absolute Gasteiger partial charge is 0.405 e. The molecule has 0 bridgehead atoms. The van der Waals surface area contributed by atoms with E-state index in [9.17, 15) is 33.6 Å². The number of carbonyl (C=O) groups is 7. The number of esters is 1. The Morgan fingerprint density at radius 2 is 1.58 bits per heavy atom. The Hall–Kier alpha value is -5.68. The van der Waals surface area contributed by atoms with E-state index < -0.39 is 88.7 Å². The topological polar surface area (TPSA) is 243 Å². The van der Waals surface area contributed by atoms with Gasteiger partial charge in [0.05, 0.1) is 23.7 Å². The molecule has 2 aliphatic rings. The monoisotopic (exact) mass is 938 g/mol. The van der Waals surface area contributed by atoms with E-state index >= 15 is 0 Å². The second kappa shape index (κ2) is 22.7. The fraction of sp³-hybridized carbons (Fsp3) is 0.562. The number of benzene rings is 2. The van der Waals surface area contributed by atoms with Crippen molar-refractivity contribution in [1.82, 2.24) is 31.9 Å². The maximum atomic E-state index is 14.1. The number of carboxylic acid groups (broad SMARTS) is 1. The average molecular weight is 940 g/mol. The normalized spacial score (nSPS) is 24.6. The molecule has 2 heterocycles. The molecule has 18 heteroatoms. The number of carbonyl (C=O) groups excluding carboxylic acids is 6. The van der Waals surface area contributed by atoms with Crippen molar-refractivity contribution in [3.63, 3.8) is 0 Å². The van der Waals surface area contributed by atoms with E-state index in [2.05, 4.69) is 31.9 Å². The van der Waals surface area contributed by atoms with Crippen LogP contribution in [0.2, 0.25) is 5.02 Å². The summed E-state index contributed by atoms with van der Waals surface area (Å²) in [5.41, 5.74) is 0.678. The molecule has 2 aliphatic heterocycles. The molecule has 0 spiro atoms. The zero-order valence-electron chi connectivity index (χ0n) is 39.7. The molecule has 7 N–H and O–H groups in total. The van der Waals surface area contributed by atoms with E-state index in [4.69, 9.17) is 30.9 Å². The summed E-state index contributed by atoms with van der Waals surface area (Å²) in [4.78, 5) is 92.1. The van der Waals surface area contributed by atoms with Crippen LogP contribution in [0.15, 0.2) is 54.6 Å². The first-order chi connectivity index (χ1) is 30.8. The first-order valence-corrected chi connectivity index (χ1v) is 22.6. The van der Waals surface area contributed by atoms with E-state index in [1.165, 1.54) is 20.1 Å². The molecule has 1 saturated heterocycles. The molecule has 1 fully saturated rings. The molecule has 0 aromatic heterocycles. The van der Waals surface area contributed by atoms with Crippen molar-refractivity contribution in [3.8, 4) is 5.75 Å². The molecule has 2 aromatic rings. The summed E-state index contributed by atoms with van der Waals surface area (Å²) >= 11 is 6.39.